The summed E-state index contributed by atoms with van der Waals surface area (Å²) in [6.07, 6.45) is 0.909. The van der Waals surface area contributed by atoms with E-state index in [-0.39, 0.29) is 0 Å². The maximum Gasteiger partial charge on any atom is 0.0982 e. The molecule has 1 N–H and O–H groups in total. The molecule has 0 amide bonds. The van der Waals surface area contributed by atoms with E-state index in [2.05, 4.69) is 61.6 Å². The maximum absolute atomic E-state index is 4.72. The number of nitrogens with one attached hydrogen (secondary N) is 1. The van der Waals surface area contributed by atoms with Gasteiger partial charge < -0.3 is 5.32 Å². The van der Waals surface area contributed by atoms with Crippen molar-refractivity contribution in [3.63, 3.8) is 0 Å². The van der Waals surface area contributed by atoms with Gasteiger partial charge >= 0.3 is 0 Å². The molecule has 21 heavy (non-hydrogen) atoms. The number of nitrogens with zero attached hydrogens (tertiary/aromatic N) is 1. The van der Waals surface area contributed by atoms with Crippen LogP contribution >= 0.6 is 11.3 Å². The van der Waals surface area contributed by atoms with Crippen molar-refractivity contribution in [1.29, 1.82) is 0 Å². The summed E-state index contributed by atoms with van der Waals surface area (Å²) in [5, 5.41) is 4.65. The Hall–Kier alpha value is -1.71. The second kappa shape index (κ2) is 6.37. The molecule has 0 aliphatic carbocycles. The van der Waals surface area contributed by atoms with Gasteiger partial charge in [-0.3, -0.25) is 0 Å². The van der Waals surface area contributed by atoms with Crippen molar-refractivity contribution in [3.05, 3.63) is 64.7 Å². The fourth-order valence-corrected chi connectivity index (χ4v) is 3.57. The highest BCUT2D eigenvalue weighted by molar-refractivity contribution is 7.18. The molecule has 0 spiro atoms. The van der Waals surface area contributed by atoms with Crippen LogP contribution in [0.15, 0.2) is 48.5 Å². The number of hydrogen-bond donors (Lipinski definition) is 1. The first-order valence-electron chi connectivity index (χ1n) is 7.43. The first-order valence-corrected chi connectivity index (χ1v) is 8.24. The molecule has 0 bridgehead atoms. The second-order valence-corrected chi connectivity index (χ2v) is 6.39. The van der Waals surface area contributed by atoms with Gasteiger partial charge in [-0.05, 0) is 36.7 Å². The van der Waals surface area contributed by atoms with Crippen molar-refractivity contribution < 1.29 is 0 Å². The van der Waals surface area contributed by atoms with Crippen LogP contribution < -0.4 is 5.32 Å². The summed E-state index contributed by atoms with van der Waals surface area (Å²) in [5.74, 6) is 0. The minimum Gasteiger partial charge on any atom is -0.310 e. The Morgan fingerprint density at radius 3 is 2.81 bits per heavy atom. The molecule has 1 aromatic heterocycles. The van der Waals surface area contributed by atoms with Crippen molar-refractivity contribution in [1.82, 2.24) is 10.3 Å². The van der Waals surface area contributed by atoms with Gasteiger partial charge in [-0.2, -0.15) is 0 Å². The van der Waals surface area contributed by atoms with E-state index in [0.29, 0.717) is 6.04 Å². The first kappa shape index (κ1) is 14.2. The fraction of sp³-hybridized carbons (Fsp3) is 0.278. The van der Waals surface area contributed by atoms with Gasteiger partial charge in [-0.1, -0.05) is 43.3 Å². The van der Waals surface area contributed by atoms with Gasteiger partial charge in [0.25, 0.3) is 0 Å². The second-order valence-electron chi connectivity index (χ2n) is 5.28. The van der Waals surface area contributed by atoms with Crippen LogP contribution in [-0.4, -0.2) is 11.5 Å². The molecule has 1 atom stereocenters. The number of para-hydroxylation sites is 1. The highest BCUT2D eigenvalue weighted by atomic mass is 32.1. The predicted molar refractivity (Wildman–Crippen MR) is 91.0 cm³/mol. The lowest BCUT2D eigenvalue weighted by molar-refractivity contribution is 0.597. The molecule has 0 saturated heterocycles. The van der Waals surface area contributed by atoms with Gasteiger partial charge in [0.15, 0.2) is 0 Å². The Morgan fingerprint density at radius 1 is 1.14 bits per heavy atom. The van der Waals surface area contributed by atoms with Crippen molar-refractivity contribution in [2.45, 2.75) is 26.3 Å². The molecule has 3 heteroatoms. The maximum atomic E-state index is 4.72. The lowest BCUT2D eigenvalue weighted by atomic mass is 10.0. The van der Waals surface area contributed by atoms with E-state index in [0.717, 1.165) is 18.5 Å². The van der Waals surface area contributed by atoms with E-state index in [1.54, 1.807) is 11.3 Å². The zero-order valence-electron chi connectivity index (χ0n) is 12.5. The standard InChI is InChI=1S/C18H20N2S/c1-3-19-13(2)15-8-6-7-14(11-15)12-18-20-16-9-4-5-10-17(16)21-18/h4-11,13,19H,3,12H2,1-2H3. The monoisotopic (exact) mass is 296 g/mol. The van der Waals surface area contributed by atoms with Gasteiger partial charge in [0.05, 0.1) is 15.2 Å². The summed E-state index contributed by atoms with van der Waals surface area (Å²) in [7, 11) is 0. The zero-order chi connectivity index (χ0) is 14.7. The molecule has 0 fully saturated rings. The van der Waals surface area contributed by atoms with Crippen molar-refractivity contribution in [2.75, 3.05) is 6.54 Å². The highest BCUT2D eigenvalue weighted by Gasteiger charge is 2.07. The Labute approximate surface area is 129 Å². The van der Waals surface area contributed by atoms with E-state index in [1.165, 1.54) is 20.8 Å². The van der Waals surface area contributed by atoms with Crippen LogP contribution in [0.25, 0.3) is 10.2 Å². The van der Waals surface area contributed by atoms with Crippen molar-refractivity contribution in [3.8, 4) is 0 Å². The fourth-order valence-electron chi connectivity index (χ4n) is 2.57. The summed E-state index contributed by atoms with van der Waals surface area (Å²) in [6.45, 7) is 5.34. The van der Waals surface area contributed by atoms with Gasteiger partial charge in [0.2, 0.25) is 0 Å². The summed E-state index contributed by atoms with van der Waals surface area (Å²) in [6, 6.07) is 17.5. The van der Waals surface area contributed by atoms with Gasteiger partial charge in [-0.25, -0.2) is 4.98 Å². The molecular formula is C18H20N2S. The topological polar surface area (TPSA) is 24.9 Å². The average molecular weight is 296 g/mol. The molecule has 1 unspecified atom stereocenters. The summed E-state index contributed by atoms with van der Waals surface area (Å²) in [5.41, 5.74) is 3.78. The van der Waals surface area contributed by atoms with E-state index < -0.39 is 0 Å². The Morgan fingerprint density at radius 2 is 2.00 bits per heavy atom. The van der Waals surface area contributed by atoms with E-state index in [4.69, 9.17) is 4.98 Å². The molecule has 1 heterocycles. The molecule has 3 aromatic rings. The molecule has 108 valence electrons. The minimum atomic E-state index is 0.394. The number of benzene rings is 2. The number of hydrogen-bond acceptors (Lipinski definition) is 3. The van der Waals surface area contributed by atoms with Crippen LogP contribution in [0.5, 0.6) is 0 Å². The SMILES string of the molecule is CCNC(C)c1cccc(Cc2nc3ccccc3s2)c1. The minimum absolute atomic E-state index is 0.394. The van der Waals surface area contributed by atoms with Crippen LogP contribution in [0.1, 0.15) is 36.0 Å². The molecule has 0 aliphatic rings. The third kappa shape index (κ3) is 3.31. The summed E-state index contributed by atoms with van der Waals surface area (Å²) < 4.78 is 1.27. The molecule has 2 nitrogen and oxygen atoms in total. The third-order valence-electron chi connectivity index (χ3n) is 3.65. The molecular weight excluding hydrogens is 276 g/mol. The lowest BCUT2D eigenvalue weighted by Gasteiger charge is -2.13. The summed E-state index contributed by atoms with van der Waals surface area (Å²) >= 11 is 1.79. The van der Waals surface area contributed by atoms with Crippen LogP contribution in [0.3, 0.4) is 0 Å². The van der Waals surface area contributed by atoms with E-state index in [9.17, 15) is 0 Å². The zero-order valence-corrected chi connectivity index (χ0v) is 13.3. The van der Waals surface area contributed by atoms with Crippen molar-refractivity contribution >= 4 is 21.6 Å². The number of thiazole rings is 1. The number of aromatic nitrogens is 1. The van der Waals surface area contributed by atoms with Gasteiger partial charge in [0, 0.05) is 12.5 Å². The average Bonchev–Trinajstić information content (AvgIpc) is 2.90. The smallest absolute Gasteiger partial charge is 0.0982 e. The molecule has 0 radical (unpaired) electrons. The first-order chi connectivity index (χ1) is 10.3. The van der Waals surface area contributed by atoms with Gasteiger partial charge in [0.1, 0.15) is 0 Å². The lowest BCUT2D eigenvalue weighted by Crippen LogP contribution is -2.17. The Balaban J connectivity index is 1.82. The van der Waals surface area contributed by atoms with E-state index in [1.807, 2.05) is 6.07 Å². The van der Waals surface area contributed by atoms with Crippen LogP contribution in [0, 0.1) is 0 Å². The molecule has 3 rings (SSSR count). The third-order valence-corrected chi connectivity index (χ3v) is 4.69. The largest absolute Gasteiger partial charge is 0.310 e. The quantitative estimate of drug-likeness (QED) is 0.746. The molecule has 2 aromatic carbocycles. The number of rotatable bonds is 5. The highest BCUT2D eigenvalue weighted by Crippen LogP contribution is 2.24. The molecule has 0 saturated carbocycles. The normalized spacial score (nSPS) is 12.7. The van der Waals surface area contributed by atoms with Crippen LogP contribution in [0.2, 0.25) is 0 Å². The van der Waals surface area contributed by atoms with Crippen LogP contribution in [0.4, 0.5) is 0 Å². The summed E-state index contributed by atoms with van der Waals surface area (Å²) in [4.78, 5) is 4.72. The predicted octanol–water partition coefficient (Wildman–Crippen LogP) is 4.56. The Bertz CT molecular complexity index is 700. The number of fused-ring (bicyclic) bond motifs is 1. The van der Waals surface area contributed by atoms with E-state index >= 15 is 0 Å². The Kier molecular flexibility index (Phi) is 4.32. The van der Waals surface area contributed by atoms with Crippen molar-refractivity contribution in [2.24, 2.45) is 0 Å². The molecule has 0 aliphatic heterocycles. The van der Waals surface area contributed by atoms with Gasteiger partial charge in [-0.15, -0.1) is 11.3 Å². The van der Waals surface area contributed by atoms with Crippen LogP contribution in [-0.2, 0) is 6.42 Å².